The Labute approximate surface area is 122 Å². The van der Waals surface area contributed by atoms with Crippen LogP contribution < -0.4 is 0 Å². The molecule has 0 aromatic carbocycles. The van der Waals surface area contributed by atoms with E-state index in [0.717, 1.165) is 24.0 Å². The maximum absolute atomic E-state index is 11.7. The van der Waals surface area contributed by atoms with Crippen LogP contribution in [0.15, 0.2) is 18.5 Å². The normalized spacial score (nSPS) is 17.0. The highest BCUT2D eigenvalue weighted by Gasteiger charge is 2.42. The monoisotopic (exact) mass is 287 g/mol. The molecule has 110 valence electrons. The summed E-state index contributed by atoms with van der Waals surface area (Å²) in [5.41, 5.74) is 1.07. The zero-order valence-corrected chi connectivity index (χ0v) is 11.9. The zero-order chi connectivity index (χ0) is 14.9. The van der Waals surface area contributed by atoms with Crippen molar-refractivity contribution in [2.45, 2.75) is 39.2 Å². The lowest BCUT2D eigenvalue weighted by molar-refractivity contribution is -0.149. The minimum atomic E-state index is -0.760. The second-order valence-electron chi connectivity index (χ2n) is 5.70. The number of carboxylic acids is 1. The van der Waals surface area contributed by atoms with Crippen LogP contribution >= 0.6 is 0 Å². The lowest BCUT2D eigenvalue weighted by Crippen LogP contribution is -2.33. The maximum Gasteiger partial charge on any atom is 0.311 e. The molecule has 0 saturated heterocycles. The van der Waals surface area contributed by atoms with Gasteiger partial charge in [0.05, 0.1) is 12.0 Å². The number of aryl methyl sites for hydroxylation is 1. The Balaban J connectivity index is 1.94. The van der Waals surface area contributed by atoms with Gasteiger partial charge in [-0.1, -0.05) is 12.8 Å². The quantitative estimate of drug-likeness (QED) is 0.919. The summed E-state index contributed by atoms with van der Waals surface area (Å²) in [5.74, 6) is -0.192. The van der Waals surface area contributed by atoms with E-state index in [-0.39, 0.29) is 0 Å². The van der Waals surface area contributed by atoms with Gasteiger partial charge in [0.25, 0.3) is 0 Å². The van der Waals surface area contributed by atoms with Gasteiger partial charge in [-0.15, -0.1) is 5.10 Å². The zero-order valence-electron chi connectivity index (χ0n) is 11.9. The summed E-state index contributed by atoms with van der Waals surface area (Å²) in [7, 11) is 0. The molecule has 2 heterocycles. The number of carbonyl (C=O) groups is 1. The van der Waals surface area contributed by atoms with Crippen molar-refractivity contribution in [1.82, 2.24) is 25.2 Å². The Bertz CT molecular complexity index is 661. The molecule has 1 saturated carbocycles. The van der Waals surface area contributed by atoms with Gasteiger partial charge in [0, 0.05) is 18.0 Å². The summed E-state index contributed by atoms with van der Waals surface area (Å²) in [6.45, 7) is 2.25. The van der Waals surface area contributed by atoms with E-state index in [1.165, 1.54) is 0 Å². The van der Waals surface area contributed by atoms with Gasteiger partial charge in [-0.3, -0.25) is 9.78 Å². The number of tetrazole rings is 1. The van der Waals surface area contributed by atoms with Crippen molar-refractivity contribution in [3.05, 3.63) is 24.0 Å². The second-order valence-corrected chi connectivity index (χ2v) is 5.70. The molecule has 0 unspecified atom stereocenters. The van der Waals surface area contributed by atoms with Crippen molar-refractivity contribution in [2.75, 3.05) is 0 Å². The lowest BCUT2D eigenvalue weighted by atomic mass is 9.86. The van der Waals surface area contributed by atoms with E-state index in [9.17, 15) is 9.90 Å². The molecule has 2 aromatic rings. The SMILES string of the molecule is Cc1cncc(-c2nnnn2CC2(C(=O)O)CCCC2)c1. The third-order valence-electron chi connectivity index (χ3n) is 4.13. The van der Waals surface area contributed by atoms with Gasteiger partial charge in [-0.25, -0.2) is 4.68 Å². The molecule has 1 aliphatic rings. The van der Waals surface area contributed by atoms with E-state index in [1.54, 1.807) is 17.1 Å². The van der Waals surface area contributed by atoms with E-state index < -0.39 is 11.4 Å². The molecule has 3 rings (SSSR count). The van der Waals surface area contributed by atoms with Gasteiger partial charge >= 0.3 is 5.97 Å². The minimum Gasteiger partial charge on any atom is -0.481 e. The van der Waals surface area contributed by atoms with Crippen molar-refractivity contribution in [3.63, 3.8) is 0 Å². The number of aromatic nitrogens is 5. The van der Waals surface area contributed by atoms with E-state index in [4.69, 9.17) is 0 Å². The second kappa shape index (κ2) is 5.23. The highest BCUT2D eigenvalue weighted by Crippen LogP contribution is 2.40. The van der Waals surface area contributed by atoms with Crippen LogP contribution in [0.4, 0.5) is 0 Å². The van der Waals surface area contributed by atoms with E-state index in [0.29, 0.717) is 25.2 Å². The van der Waals surface area contributed by atoms with Crippen LogP contribution in [0.25, 0.3) is 11.4 Å². The molecular weight excluding hydrogens is 270 g/mol. The molecule has 7 nitrogen and oxygen atoms in total. The predicted octanol–water partition coefficient (Wildman–Crippen LogP) is 1.69. The Kier molecular flexibility index (Phi) is 3.40. The van der Waals surface area contributed by atoms with Crippen molar-refractivity contribution in [2.24, 2.45) is 5.41 Å². The number of aliphatic carboxylic acids is 1. The number of carboxylic acid groups (broad SMARTS) is 1. The molecule has 2 aromatic heterocycles. The Morgan fingerprint density at radius 3 is 2.81 bits per heavy atom. The molecule has 0 spiro atoms. The average molecular weight is 287 g/mol. The molecule has 0 atom stereocenters. The molecule has 0 radical (unpaired) electrons. The average Bonchev–Trinajstić information content (AvgIpc) is 3.09. The van der Waals surface area contributed by atoms with Crippen LogP contribution in [-0.4, -0.2) is 36.3 Å². The third kappa shape index (κ3) is 2.51. The van der Waals surface area contributed by atoms with Crippen molar-refractivity contribution in [1.29, 1.82) is 0 Å². The van der Waals surface area contributed by atoms with Crippen molar-refractivity contribution >= 4 is 5.97 Å². The van der Waals surface area contributed by atoms with Crippen LogP contribution in [0.5, 0.6) is 0 Å². The first-order chi connectivity index (χ1) is 10.1. The first kappa shape index (κ1) is 13.7. The molecule has 21 heavy (non-hydrogen) atoms. The highest BCUT2D eigenvalue weighted by molar-refractivity contribution is 5.75. The van der Waals surface area contributed by atoms with Gasteiger partial charge in [0.15, 0.2) is 5.82 Å². The Morgan fingerprint density at radius 2 is 2.14 bits per heavy atom. The third-order valence-corrected chi connectivity index (χ3v) is 4.13. The molecule has 7 heteroatoms. The summed E-state index contributed by atoms with van der Waals surface area (Å²) < 4.78 is 1.59. The van der Waals surface area contributed by atoms with Gasteiger partial charge in [-0.05, 0) is 41.8 Å². The fourth-order valence-corrected chi connectivity index (χ4v) is 2.97. The van der Waals surface area contributed by atoms with Gasteiger partial charge in [0.2, 0.25) is 0 Å². The van der Waals surface area contributed by atoms with Gasteiger partial charge in [-0.2, -0.15) is 0 Å². The number of rotatable bonds is 4. The molecule has 0 bridgehead atoms. The first-order valence-electron chi connectivity index (χ1n) is 7.02. The maximum atomic E-state index is 11.7. The van der Waals surface area contributed by atoms with Crippen molar-refractivity contribution < 1.29 is 9.90 Å². The number of hydrogen-bond donors (Lipinski definition) is 1. The Morgan fingerprint density at radius 1 is 1.38 bits per heavy atom. The fraction of sp³-hybridized carbons (Fsp3) is 0.500. The predicted molar refractivity (Wildman–Crippen MR) is 74.3 cm³/mol. The molecule has 1 N–H and O–H groups in total. The summed E-state index contributed by atoms with van der Waals surface area (Å²) in [5, 5.41) is 21.3. The van der Waals surface area contributed by atoms with E-state index in [1.807, 2.05) is 13.0 Å². The number of pyridine rings is 1. The van der Waals surface area contributed by atoms with E-state index in [2.05, 4.69) is 20.5 Å². The summed E-state index contributed by atoms with van der Waals surface area (Å²) >= 11 is 0. The Hall–Kier alpha value is -2.31. The van der Waals surface area contributed by atoms with Gasteiger partial charge < -0.3 is 5.11 Å². The van der Waals surface area contributed by atoms with Crippen LogP contribution in [0.1, 0.15) is 31.2 Å². The number of hydrogen-bond acceptors (Lipinski definition) is 5. The highest BCUT2D eigenvalue weighted by atomic mass is 16.4. The molecular formula is C14H17N5O2. The minimum absolute atomic E-state index is 0.304. The smallest absolute Gasteiger partial charge is 0.311 e. The fourth-order valence-electron chi connectivity index (χ4n) is 2.97. The molecule has 1 fully saturated rings. The lowest BCUT2D eigenvalue weighted by Gasteiger charge is -2.23. The van der Waals surface area contributed by atoms with Crippen LogP contribution in [0, 0.1) is 12.3 Å². The summed E-state index contributed by atoms with van der Waals surface area (Å²) in [6, 6.07) is 1.94. The molecule has 1 aliphatic carbocycles. The standard InChI is InChI=1S/C14H17N5O2/c1-10-6-11(8-15-7-10)12-16-17-18-19(12)9-14(13(20)21)4-2-3-5-14/h6-8H,2-5,9H2,1H3,(H,20,21). The van der Waals surface area contributed by atoms with Gasteiger partial charge in [0.1, 0.15) is 0 Å². The van der Waals surface area contributed by atoms with Crippen LogP contribution in [0.2, 0.25) is 0 Å². The van der Waals surface area contributed by atoms with Crippen LogP contribution in [0.3, 0.4) is 0 Å². The van der Waals surface area contributed by atoms with E-state index >= 15 is 0 Å². The topological polar surface area (TPSA) is 93.8 Å². The summed E-state index contributed by atoms with van der Waals surface area (Å²) in [4.78, 5) is 15.8. The molecule has 0 aliphatic heterocycles. The van der Waals surface area contributed by atoms with Crippen molar-refractivity contribution in [3.8, 4) is 11.4 Å². The largest absolute Gasteiger partial charge is 0.481 e. The molecule has 0 amide bonds. The number of nitrogens with zero attached hydrogens (tertiary/aromatic N) is 5. The first-order valence-corrected chi connectivity index (χ1v) is 7.02. The van der Waals surface area contributed by atoms with Crippen LogP contribution in [-0.2, 0) is 11.3 Å². The summed E-state index contributed by atoms with van der Waals surface area (Å²) in [6.07, 6.45) is 6.68.